The molecule has 3 aromatic rings. The molecule has 0 saturated carbocycles. The molecular weight excluding hydrogens is 368 g/mol. The Hall–Kier alpha value is -3.88. The van der Waals surface area contributed by atoms with Crippen LogP contribution in [-0.4, -0.2) is 30.3 Å². The zero-order chi connectivity index (χ0) is 20.1. The van der Waals surface area contributed by atoms with Crippen molar-refractivity contribution in [1.29, 1.82) is 0 Å². The SMILES string of the molecule is COc1cc(C(=O)OCc2cc(-c3ccccc3)on2)c([N+](=O)[O-])cc1OC. The van der Waals surface area contributed by atoms with Crippen LogP contribution >= 0.6 is 0 Å². The van der Waals surface area contributed by atoms with Crippen molar-refractivity contribution in [1.82, 2.24) is 5.16 Å². The Morgan fingerprint density at radius 3 is 2.43 bits per heavy atom. The highest BCUT2D eigenvalue weighted by Crippen LogP contribution is 2.35. The quantitative estimate of drug-likeness (QED) is 0.345. The lowest BCUT2D eigenvalue weighted by Gasteiger charge is -2.10. The third kappa shape index (κ3) is 3.93. The molecule has 0 fully saturated rings. The van der Waals surface area contributed by atoms with Gasteiger partial charge in [-0.2, -0.15) is 0 Å². The van der Waals surface area contributed by atoms with Crippen molar-refractivity contribution in [2.24, 2.45) is 0 Å². The van der Waals surface area contributed by atoms with Gasteiger partial charge in [-0.25, -0.2) is 4.79 Å². The Balaban J connectivity index is 1.78. The molecule has 0 aliphatic heterocycles. The molecule has 0 spiro atoms. The minimum Gasteiger partial charge on any atom is -0.493 e. The van der Waals surface area contributed by atoms with Crippen LogP contribution < -0.4 is 9.47 Å². The molecule has 9 heteroatoms. The van der Waals surface area contributed by atoms with Crippen molar-refractivity contribution in [3.8, 4) is 22.8 Å². The molecule has 0 aliphatic rings. The predicted octanol–water partition coefficient (Wildman–Crippen LogP) is 3.62. The van der Waals surface area contributed by atoms with E-state index in [1.807, 2.05) is 30.3 Å². The van der Waals surface area contributed by atoms with Crippen LogP contribution in [0.2, 0.25) is 0 Å². The predicted molar refractivity (Wildman–Crippen MR) is 97.3 cm³/mol. The van der Waals surface area contributed by atoms with Crippen LogP contribution in [0.5, 0.6) is 11.5 Å². The van der Waals surface area contributed by atoms with Crippen LogP contribution in [0.15, 0.2) is 53.1 Å². The number of carbonyl (C=O) groups excluding carboxylic acids is 1. The molecule has 1 aromatic heterocycles. The molecule has 0 aliphatic carbocycles. The van der Waals surface area contributed by atoms with E-state index in [9.17, 15) is 14.9 Å². The van der Waals surface area contributed by atoms with Crippen molar-refractivity contribution in [2.45, 2.75) is 6.61 Å². The molecule has 3 rings (SSSR count). The van der Waals surface area contributed by atoms with Gasteiger partial charge >= 0.3 is 5.97 Å². The molecule has 0 radical (unpaired) electrons. The van der Waals surface area contributed by atoms with E-state index in [0.717, 1.165) is 11.6 Å². The number of hydrogen-bond donors (Lipinski definition) is 0. The summed E-state index contributed by atoms with van der Waals surface area (Å²) in [7, 11) is 2.70. The molecule has 0 bridgehead atoms. The van der Waals surface area contributed by atoms with E-state index in [1.54, 1.807) is 6.07 Å². The van der Waals surface area contributed by atoms with E-state index >= 15 is 0 Å². The van der Waals surface area contributed by atoms with Crippen molar-refractivity contribution in [2.75, 3.05) is 14.2 Å². The van der Waals surface area contributed by atoms with E-state index in [1.165, 1.54) is 20.3 Å². The first kappa shape index (κ1) is 18.9. The van der Waals surface area contributed by atoms with Gasteiger partial charge in [0.1, 0.15) is 17.9 Å². The van der Waals surface area contributed by atoms with Gasteiger partial charge in [0.2, 0.25) is 0 Å². The van der Waals surface area contributed by atoms with Crippen LogP contribution in [0, 0.1) is 10.1 Å². The van der Waals surface area contributed by atoms with Crippen molar-refractivity contribution in [3.05, 3.63) is 69.9 Å². The smallest absolute Gasteiger partial charge is 0.345 e. The molecule has 0 amide bonds. The van der Waals surface area contributed by atoms with Crippen molar-refractivity contribution < 1.29 is 28.5 Å². The zero-order valence-electron chi connectivity index (χ0n) is 15.1. The Labute approximate surface area is 159 Å². The standard InChI is InChI=1S/C19H16N2O7/c1-25-17-9-14(15(21(23)24)10-18(17)26-2)19(22)27-11-13-8-16(28-20-13)12-6-4-3-5-7-12/h3-10H,11H2,1-2H3. The lowest BCUT2D eigenvalue weighted by molar-refractivity contribution is -0.385. The second kappa shape index (κ2) is 8.21. The highest BCUT2D eigenvalue weighted by Gasteiger charge is 2.26. The van der Waals surface area contributed by atoms with E-state index in [2.05, 4.69) is 5.16 Å². The summed E-state index contributed by atoms with van der Waals surface area (Å²) in [6.45, 7) is -0.208. The molecule has 9 nitrogen and oxygen atoms in total. The second-order valence-corrected chi connectivity index (χ2v) is 5.61. The van der Waals surface area contributed by atoms with E-state index in [-0.39, 0.29) is 23.7 Å². The first-order valence-electron chi connectivity index (χ1n) is 8.12. The maximum atomic E-state index is 12.4. The Kier molecular flexibility index (Phi) is 5.54. The molecule has 0 N–H and O–H groups in total. The molecular formula is C19H16N2O7. The zero-order valence-corrected chi connectivity index (χ0v) is 15.1. The number of nitro benzene ring substituents is 1. The fraction of sp³-hybridized carbons (Fsp3) is 0.158. The molecule has 0 unspecified atom stereocenters. The number of carbonyl (C=O) groups is 1. The summed E-state index contributed by atoms with van der Waals surface area (Å²) in [4.78, 5) is 23.0. The highest BCUT2D eigenvalue weighted by molar-refractivity contribution is 5.95. The highest BCUT2D eigenvalue weighted by atomic mass is 16.6. The van der Waals surface area contributed by atoms with E-state index in [4.69, 9.17) is 18.7 Å². The number of benzene rings is 2. The van der Waals surface area contributed by atoms with Gasteiger partial charge in [-0.15, -0.1) is 0 Å². The minimum atomic E-state index is -0.892. The minimum absolute atomic E-state index is 0.134. The van der Waals surface area contributed by atoms with E-state index < -0.39 is 16.6 Å². The summed E-state index contributed by atoms with van der Waals surface area (Å²) in [6, 6.07) is 13.2. The number of nitrogens with zero attached hydrogens (tertiary/aromatic N) is 2. The molecule has 28 heavy (non-hydrogen) atoms. The number of esters is 1. The Bertz CT molecular complexity index is 999. The van der Waals surface area contributed by atoms with Crippen LogP contribution in [0.1, 0.15) is 16.1 Å². The number of nitro groups is 1. The lowest BCUT2D eigenvalue weighted by atomic mass is 10.1. The fourth-order valence-corrected chi connectivity index (χ4v) is 2.52. The van der Waals surface area contributed by atoms with Gasteiger partial charge in [0.25, 0.3) is 5.69 Å². The fourth-order valence-electron chi connectivity index (χ4n) is 2.52. The van der Waals surface area contributed by atoms with Gasteiger partial charge in [0, 0.05) is 17.7 Å². The van der Waals surface area contributed by atoms with Crippen LogP contribution in [0.25, 0.3) is 11.3 Å². The lowest BCUT2D eigenvalue weighted by Crippen LogP contribution is -2.09. The van der Waals surface area contributed by atoms with Crippen LogP contribution in [-0.2, 0) is 11.3 Å². The monoisotopic (exact) mass is 384 g/mol. The first-order valence-corrected chi connectivity index (χ1v) is 8.12. The molecule has 1 heterocycles. The van der Waals surface area contributed by atoms with Gasteiger partial charge in [0.15, 0.2) is 17.3 Å². The average Bonchev–Trinajstić information content (AvgIpc) is 3.20. The van der Waals surface area contributed by atoms with Crippen molar-refractivity contribution >= 4 is 11.7 Å². The summed E-state index contributed by atoms with van der Waals surface area (Å²) < 4.78 is 20.5. The summed E-state index contributed by atoms with van der Waals surface area (Å²) in [5.74, 6) is -0.0664. The Morgan fingerprint density at radius 2 is 1.79 bits per heavy atom. The summed E-state index contributed by atoms with van der Waals surface area (Å²) >= 11 is 0. The number of aromatic nitrogens is 1. The normalized spacial score (nSPS) is 10.4. The maximum Gasteiger partial charge on any atom is 0.345 e. The van der Waals surface area contributed by atoms with E-state index in [0.29, 0.717) is 11.5 Å². The first-order chi connectivity index (χ1) is 13.5. The molecule has 0 saturated heterocycles. The molecule has 2 aromatic carbocycles. The number of hydrogen-bond acceptors (Lipinski definition) is 8. The van der Waals surface area contributed by atoms with Crippen LogP contribution in [0.3, 0.4) is 0 Å². The topological polar surface area (TPSA) is 114 Å². The summed E-state index contributed by atoms with van der Waals surface area (Å²) in [6.07, 6.45) is 0. The van der Waals surface area contributed by atoms with Gasteiger partial charge in [-0.1, -0.05) is 35.5 Å². The maximum absolute atomic E-state index is 12.4. The van der Waals surface area contributed by atoms with Gasteiger partial charge in [0.05, 0.1) is 25.2 Å². The third-order valence-corrected chi connectivity index (χ3v) is 3.89. The largest absolute Gasteiger partial charge is 0.493 e. The van der Waals surface area contributed by atoms with Crippen LogP contribution in [0.4, 0.5) is 5.69 Å². The number of rotatable bonds is 7. The second-order valence-electron chi connectivity index (χ2n) is 5.61. The van der Waals surface area contributed by atoms with Gasteiger partial charge in [-0.05, 0) is 0 Å². The van der Waals surface area contributed by atoms with Gasteiger partial charge in [-0.3, -0.25) is 10.1 Å². The van der Waals surface area contributed by atoms with Crippen molar-refractivity contribution in [3.63, 3.8) is 0 Å². The number of ether oxygens (including phenoxy) is 3. The summed E-state index contributed by atoms with van der Waals surface area (Å²) in [5, 5.41) is 15.1. The Morgan fingerprint density at radius 1 is 1.11 bits per heavy atom. The molecule has 144 valence electrons. The third-order valence-electron chi connectivity index (χ3n) is 3.89. The van der Waals surface area contributed by atoms with Gasteiger partial charge < -0.3 is 18.7 Å². The molecule has 0 atom stereocenters. The summed E-state index contributed by atoms with van der Waals surface area (Å²) in [5.41, 5.74) is 0.487. The number of methoxy groups -OCH3 is 2. The average molecular weight is 384 g/mol.